The van der Waals surface area contributed by atoms with Gasteiger partial charge in [-0.3, -0.25) is 0 Å². The molecular formula is C14H10ClF2NO2. The van der Waals surface area contributed by atoms with E-state index in [-0.39, 0.29) is 17.9 Å². The maximum absolute atomic E-state index is 13.3. The third-order valence-electron chi connectivity index (χ3n) is 2.46. The fourth-order valence-corrected chi connectivity index (χ4v) is 1.71. The molecule has 0 fully saturated rings. The van der Waals surface area contributed by atoms with Crippen molar-refractivity contribution >= 4 is 17.7 Å². The molecular weight excluding hydrogens is 288 g/mol. The minimum Gasteiger partial charge on any atom is -0.410 e. The van der Waals surface area contributed by atoms with Gasteiger partial charge in [-0.1, -0.05) is 29.8 Å². The van der Waals surface area contributed by atoms with E-state index in [1.165, 1.54) is 18.2 Å². The molecule has 3 nitrogen and oxygen atoms in total. The van der Waals surface area contributed by atoms with Crippen molar-refractivity contribution in [3.8, 4) is 5.75 Å². The summed E-state index contributed by atoms with van der Waals surface area (Å²) in [6.07, 6.45) is -0.782. The predicted molar refractivity (Wildman–Crippen MR) is 70.7 cm³/mol. The first-order valence-corrected chi connectivity index (χ1v) is 6.08. The molecule has 0 bridgehead atoms. The summed E-state index contributed by atoms with van der Waals surface area (Å²) in [7, 11) is 0. The molecule has 2 rings (SSSR count). The van der Waals surface area contributed by atoms with Crippen LogP contribution >= 0.6 is 11.6 Å². The average Bonchev–Trinajstić information content (AvgIpc) is 2.40. The molecule has 0 spiro atoms. The van der Waals surface area contributed by atoms with E-state index in [0.717, 1.165) is 6.07 Å². The van der Waals surface area contributed by atoms with Gasteiger partial charge in [0.15, 0.2) is 11.6 Å². The van der Waals surface area contributed by atoms with E-state index in [9.17, 15) is 13.6 Å². The largest absolute Gasteiger partial charge is 0.412 e. The number of carbonyl (C=O) groups is 1. The van der Waals surface area contributed by atoms with E-state index in [1.807, 2.05) is 0 Å². The molecule has 0 aromatic heterocycles. The molecule has 1 N–H and O–H groups in total. The van der Waals surface area contributed by atoms with Crippen molar-refractivity contribution in [2.45, 2.75) is 6.54 Å². The highest BCUT2D eigenvalue weighted by Gasteiger charge is 2.10. The molecule has 0 radical (unpaired) electrons. The predicted octanol–water partition coefficient (Wildman–Crippen LogP) is 3.91. The van der Waals surface area contributed by atoms with Crippen LogP contribution in [-0.4, -0.2) is 6.09 Å². The number of amides is 1. The van der Waals surface area contributed by atoms with Gasteiger partial charge in [0.2, 0.25) is 0 Å². The van der Waals surface area contributed by atoms with Gasteiger partial charge in [-0.15, -0.1) is 0 Å². The molecule has 0 aliphatic carbocycles. The summed E-state index contributed by atoms with van der Waals surface area (Å²) in [6.45, 7) is -0.178. The van der Waals surface area contributed by atoms with Crippen molar-refractivity contribution in [2.24, 2.45) is 0 Å². The summed E-state index contributed by atoms with van der Waals surface area (Å²) < 4.78 is 31.2. The second-order valence-corrected chi connectivity index (χ2v) is 4.35. The van der Waals surface area contributed by atoms with Crippen LogP contribution in [-0.2, 0) is 6.54 Å². The zero-order chi connectivity index (χ0) is 14.5. The van der Waals surface area contributed by atoms with Crippen LogP contribution in [0, 0.1) is 11.6 Å². The SMILES string of the molecule is O=C(NCc1cccc(F)c1F)Oc1cccc(Cl)c1. The minimum absolute atomic E-state index is 0.0352. The average molecular weight is 298 g/mol. The van der Waals surface area contributed by atoms with Crippen molar-refractivity contribution < 1.29 is 18.3 Å². The lowest BCUT2D eigenvalue weighted by Crippen LogP contribution is -2.26. The van der Waals surface area contributed by atoms with Gasteiger partial charge in [-0.25, -0.2) is 13.6 Å². The van der Waals surface area contributed by atoms with Crippen LogP contribution in [0.5, 0.6) is 5.75 Å². The van der Waals surface area contributed by atoms with Gasteiger partial charge < -0.3 is 10.1 Å². The van der Waals surface area contributed by atoms with Crippen molar-refractivity contribution in [3.05, 3.63) is 64.7 Å². The van der Waals surface area contributed by atoms with Crippen LogP contribution in [0.15, 0.2) is 42.5 Å². The number of rotatable bonds is 3. The van der Waals surface area contributed by atoms with Crippen molar-refractivity contribution in [1.29, 1.82) is 0 Å². The Morgan fingerprint density at radius 2 is 1.95 bits per heavy atom. The van der Waals surface area contributed by atoms with Crippen LogP contribution in [0.25, 0.3) is 0 Å². The van der Waals surface area contributed by atoms with Crippen molar-refractivity contribution in [1.82, 2.24) is 5.32 Å². The molecule has 1 amide bonds. The second-order valence-electron chi connectivity index (χ2n) is 3.91. The lowest BCUT2D eigenvalue weighted by molar-refractivity contribution is 0.200. The topological polar surface area (TPSA) is 38.3 Å². The van der Waals surface area contributed by atoms with Gasteiger partial charge in [-0.05, 0) is 24.3 Å². The third kappa shape index (κ3) is 3.68. The molecule has 0 saturated carbocycles. The molecule has 0 unspecified atom stereocenters. The van der Waals surface area contributed by atoms with Crippen LogP contribution in [0.2, 0.25) is 5.02 Å². The molecule has 2 aromatic rings. The second kappa shape index (κ2) is 6.34. The first kappa shape index (κ1) is 14.3. The third-order valence-corrected chi connectivity index (χ3v) is 2.70. The Balaban J connectivity index is 1.94. The first-order chi connectivity index (χ1) is 9.56. The molecule has 0 heterocycles. The summed E-state index contributed by atoms with van der Waals surface area (Å²) >= 11 is 5.74. The maximum atomic E-state index is 13.3. The van der Waals surface area contributed by atoms with Crippen LogP contribution < -0.4 is 10.1 Å². The van der Waals surface area contributed by atoms with Crippen LogP contribution in [0.3, 0.4) is 0 Å². The normalized spacial score (nSPS) is 10.2. The fourth-order valence-electron chi connectivity index (χ4n) is 1.53. The van der Waals surface area contributed by atoms with E-state index >= 15 is 0 Å². The summed E-state index contributed by atoms with van der Waals surface area (Å²) in [6, 6.07) is 10.0. The summed E-state index contributed by atoms with van der Waals surface area (Å²) in [5.41, 5.74) is 0.0352. The van der Waals surface area contributed by atoms with E-state index < -0.39 is 17.7 Å². The lowest BCUT2D eigenvalue weighted by atomic mass is 10.2. The first-order valence-electron chi connectivity index (χ1n) is 5.70. The Labute approximate surface area is 119 Å². The molecule has 0 atom stereocenters. The Morgan fingerprint density at radius 1 is 1.20 bits per heavy atom. The number of hydrogen-bond acceptors (Lipinski definition) is 2. The summed E-state index contributed by atoms with van der Waals surface area (Å²) in [4.78, 5) is 11.5. The van der Waals surface area contributed by atoms with Gasteiger partial charge in [-0.2, -0.15) is 0 Å². The highest BCUT2D eigenvalue weighted by Crippen LogP contribution is 2.17. The van der Waals surface area contributed by atoms with E-state index in [4.69, 9.17) is 16.3 Å². The van der Waals surface area contributed by atoms with Crippen molar-refractivity contribution in [3.63, 3.8) is 0 Å². The maximum Gasteiger partial charge on any atom is 0.412 e. The van der Waals surface area contributed by atoms with E-state index in [1.54, 1.807) is 18.2 Å². The number of hydrogen-bond donors (Lipinski definition) is 1. The number of carbonyl (C=O) groups excluding carboxylic acids is 1. The molecule has 0 aliphatic heterocycles. The molecule has 104 valence electrons. The van der Waals surface area contributed by atoms with Crippen LogP contribution in [0.1, 0.15) is 5.56 Å². The zero-order valence-corrected chi connectivity index (χ0v) is 11.0. The molecule has 0 aliphatic rings. The van der Waals surface area contributed by atoms with Gasteiger partial charge in [0.1, 0.15) is 5.75 Å². The van der Waals surface area contributed by atoms with E-state index in [0.29, 0.717) is 5.02 Å². The van der Waals surface area contributed by atoms with Crippen molar-refractivity contribution in [2.75, 3.05) is 0 Å². The van der Waals surface area contributed by atoms with Gasteiger partial charge >= 0.3 is 6.09 Å². The quantitative estimate of drug-likeness (QED) is 0.933. The minimum atomic E-state index is -0.990. The molecule has 20 heavy (non-hydrogen) atoms. The fraction of sp³-hybridized carbons (Fsp3) is 0.0714. The smallest absolute Gasteiger partial charge is 0.410 e. The zero-order valence-electron chi connectivity index (χ0n) is 10.2. The van der Waals surface area contributed by atoms with Gasteiger partial charge in [0, 0.05) is 17.1 Å². The number of halogens is 3. The number of ether oxygens (including phenoxy) is 1. The lowest BCUT2D eigenvalue weighted by Gasteiger charge is -2.07. The Bertz CT molecular complexity index is 634. The Hall–Kier alpha value is -2.14. The summed E-state index contributed by atoms with van der Waals surface area (Å²) in [5.74, 6) is -1.70. The highest BCUT2D eigenvalue weighted by molar-refractivity contribution is 6.30. The van der Waals surface area contributed by atoms with Gasteiger partial charge in [0.05, 0.1) is 0 Å². The molecule has 2 aromatic carbocycles. The van der Waals surface area contributed by atoms with E-state index in [2.05, 4.69) is 5.32 Å². The monoisotopic (exact) mass is 297 g/mol. The van der Waals surface area contributed by atoms with Crippen LogP contribution in [0.4, 0.5) is 13.6 Å². The summed E-state index contributed by atoms with van der Waals surface area (Å²) in [5, 5.41) is 2.75. The Kier molecular flexibility index (Phi) is 4.53. The number of benzene rings is 2. The van der Waals surface area contributed by atoms with Gasteiger partial charge in [0.25, 0.3) is 0 Å². The standard InChI is InChI=1S/C14H10ClF2NO2/c15-10-4-2-5-11(7-10)20-14(19)18-8-9-3-1-6-12(16)13(9)17/h1-7H,8H2,(H,18,19). The molecule has 0 saturated heterocycles. The highest BCUT2D eigenvalue weighted by atomic mass is 35.5. The number of nitrogens with one attached hydrogen (secondary N) is 1. The Morgan fingerprint density at radius 3 is 2.70 bits per heavy atom. The molecule has 6 heteroatoms.